The number of aliphatic hydroxyl groups excluding tert-OH is 1. The summed E-state index contributed by atoms with van der Waals surface area (Å²) in [6, 6.07) is 0. The maximum Gasteiger partial charge on any atom is 0.165 e. The Kier molecular flexibility index (Phi) is 4.30. The Bertz CT molecular complexity index is 420. The van der Waals surface area contributed by atoms with Gasteiger partial charge in [0.15, 0.2) is 11.4 Å². The molecule has 0 amide bonds. The molecule has 0 spiro atoms. The number of hydrogen-bond acceptors (Lipinski definition) is 3. The third-order valence-corrected chi connectivity index (χ3v) is 4.67. The summed E-state index contributed by atoms with van der Waals surface area (Å²) < 4.78 is 11.9. The molecule has 0 unspecified atom stereocenters. The van der Waals surface area contributed by atoms with Crippen molar-refractivity contribution in [2.75, 3.05) is 6.61 Å². The third-order valence-electron chi connectivity index (χ3n) is 4.67. The maximum atomic E-state index is 9.65. The second-order valence-electron chi connectivity index (χ2n) is 6.72. The Labute approximate surface area is 122 Å². The highest BCUT2D eigenvalue weighted by atomic mass is 16.8. The van der Waals surface area contributed by atoms with Gasteiger partial charge in [0, 0.05) is 6.61 Å². The minimum Gasteiger partial charge on any atom is -0.396 e. The number of allylic oxidation sites excluding steroid dienone is 2. The third kappa shape index (κ3) is 2.93. The van der Waals surface area contributed by atoms with Gasteiger partial charge < -0.3 is 14.6 Å². The molecule has 2 rings (SSSR count). The Morgan fingerprint density at radius 2 is 2.10 bits per heavy atom. The van der Waals surface area contributed by atoms with E-state index < -0.39 is 11.4 Å². The summed E-state index contributed by atoms with van der Waals surface area (Å²) in [4.78, 5) is 0. The first-order valence-electron chi connectivity index (χ1n) is 7.44. The van der Waals surface area contributed by atoms with Crippen molar-refractivity contribution in [2.24, 2.45) is 17.8 Å². The predicted molar refractivity (Wildman–Crippen MR) is 78.9 cm³/mol. The van der Waals surface area contributed by atoms with Crippen LogP contribution in [0.3, 0.4) is 0 Å². The lowest BCUT2D eigenvalue weighted by molar-refractivity contribution is -0.153. The van der Waals surface area contributed by atoms with Gasteiger partial charge >= 0.3 is 0 Å². The molecule has 0 aromatic heterocycles. The maximum absolute atomic E-state index is 9.65. The van der Waals surface area contributed by atoms with Crippen molar-refractivity contribution in [3.05, 3.63) is 12.2 Å². The monoisotopic (exact) mass is 278 g/mol. The van der Waals surface area contributed by atoms with E-state index in [9.17, 15) is 5.11 Å². The van der Waals surface area contributed by atoms with Crippen LogP contribution in [-0.4, -0.2) is 29.2 Å². The number of aliphatic hydroxyl groups is 1. The molecule has 0 aromatic rings. The van der Waals surface area contributed by atoms with E-state index >= 15 is 0 Å². The zero-order valence-corrected chi connectivity index (χ0v) is 12.9. The molecule has 20 heavy (non-hydrogen) atoms. The van der Waals surface area contributed by atoms with Gasteiger partial charge in [-0.3, -0.25) is 0 Å². The van der Waals surface area contributed by atoms with Gasteiger partial charge in [-0.1, -0.05) is 25.0 Å². The van der Waals surface area contributed by atoms with Crippen LogP contribution in [0.5, 0.6) is 0 Å². The molecule has 0 aromatic carbocycles. The van der Waals surface area contributed by atoms with Gasteiger partial charge in [0.1, 0.15) is 6.10 Å². The summed E-state index contributed by atoms with van der Waals surface area (Å²) in [5.74, 6) is 3.16. The van der Waals surface area contributed by atoms with E-state index in [0.717, 1.165) is 12.8 Å². The number of terminal acetylenes is 1. The van der Waals surface area contributed by atoms with Crippen molar-refractivity contribution in [1.82, 2.24) is 0 Å². The second kappa shape index (κ2) is 5.52. The van der Waals surface area contributed by atoms with E-state index in [1.54, 1.807) is 0 Å². The van der Waals surface area contributed by atoms with Gasteiger partial charge in [-0.05, 0) is 51.4 Å². The molecule has 0 radical (unpaired) electrons. The van der Waals surface area contributed by atoms with Crippen molar-refractivity contribution in [3.63, 3.8) is 0 Å². The van der Waals surface area contributed by atoms with Crippen LogP contribution in [0, 0.1) is 30.1 Å². The van der Waals surface area contributed by atoms with E-state index in [1.165, 1.54) is 0 Å². The molecule has 3 heteroatoms. The fourth-order valence-electron chi connectivity index (χ4n) is 3.53. The van der Waals surface area contributed by atoms with Crippen molar-refractivity contribution < 1.29 is 14.6 Å². The van der Waals surface area contributed by atoms with Crippen LogP contribution in [0.15, 0.2) is 12.2 Å². The molecule has 0 bridgehead atoms. The minimum atomic E-state index is -0.687. The summed E-state index contributed by atoms with van der Waals surface area (Å²) in [7, 11) is 0. The van der Waals surface area contributed by atoms with Crippen LogP contribution < -0.4 is 0 Å². The van der Waals surface area contributed by atoms with Gasteiger partial charge in [-0.25, -0.2) is 0 Å². The summed E-state index contributed by atoms with van der Waals surface area (Å²) in [5.41, 5.74) is -0.687. The smallest absolute Gasteiger partial charge is 0.165 e. The molecule has 1 aliphatic heterocycles. The fourth-order valence-corrected chi connectivity index (χ4v) is 3.53. The largest absolute Gasteiger partial charge is 0.396 e. The highest BCUT2D eigenvalue weighted by Crippen LogP contribution is 2.42. The molecule has 2 aliphatic rings. The van der Waals surface area contributed by atoms with E-state index in [1.807, 2.05) is 20.8 Å². The van der Waals surface area contributed by atoms with Crippen LogP contribution in [0.25, 0.3) is 0 Å². The molecule has 1 heterocycles. The Hall–Kier alpha value is -0.820. The molecule has 1 saturated heterocycles. The fraction of sp³-hybridized carbons (Fsp3) is 0.765. The van der Waals surface area contributed by atoms with Gasteiger partial charge in [-0.2, -0.15) is 0 Å². The minimum absolute atomic E-state index is 0.125. The topological polar surface area (TPSA) is 38.7 Å². The van der Waals surface area contributed by atoms with Crippen LogP contribution in [-0.2, 0) is 9.47 Å². The molecule has 1 N–H and O–H groups in total. The molecular weight excluding hydrogens is 252 g/mol. The molecule has 5 atom stereocenters. The summed E-state index contributed by atoms with van der Waals surface area (Å²) in [5, 5.41) is 9.65. The van der Waals surface area contributed by atoms with Crippen molar-refractivity contribution in [2.45, 2.75) is 58.0 Å². The molecule has 1 fully saturated rings. The number of hydrogen-bond donors (Lipinski definition) is 1. The van der Waals surface area contributed by atoms with E-state index in [0.29, 0.717) is 11.8 Å². The molecule has 1 aliphatic carbocycles. The number of ether oxygens (including phenoxy) is 2. The summed E-state index contributed by atoms with van der Waals surface area (Å²) in [6.45, 7) is 8.08. The predicted octanol–water partition coefficient (Wildman–Crippen LogP) is 2.74. The highest BCUT2D eigenvalue weighted by molar-refractivity contribution is 5.14. The first-order chi connectivity index (χ1) is 9.31. The van der Waals surface area contributed by atoms with Gasteiger partial charge in [0.2, 0.25) is 0 Å². The van der Waals surface area contributed by atoms with Gasteiger partial charge in [0.05, 0.1) is 0 Å². The second-order valence-corrected chi connectivity index (χ2v) is 6.72. The van der Waals surface area contributed by atoms with Crippen molar-refractivity contribution in [1.29, 1.82) is 0 Å². The van der Waals surface area contributed by atoms with Crippen LogP contribution >= 0.6 is 0 Å². The summed E-state index contributed by atoms with van der Waals surface area (Å²) >= 11 is 0. The quantitative estimate of drug-likeness (QED) is 0.637. The first-order valence-corrected chi connectivity index (χ1v) is 7.44. The summed E-state index contributed by atoms with van der Waals surface area (Å²) in [6.07, 6.45) is 11.7. The zero-order chi connectivity index (χ0) is 15.0. The van der Waals surface area contributed by atoms with Crippen molar-refractivity contribution in [3.8, 4) is 12.3 Å². The lowest BCUT2D eigenvalue weighted by Gasteiger charge is -2.35. The van der Waals surface area contributed by atoms with E-state index in [4.69, 9.17) is 15.9 Å². The van der Waals surface area contributed by atoms with Gasteiger partial charge in [0.25, 0.3) is 0 Å². The highest BCUT2D eigenvalue weighted by Gasteiger charge is 2.50. The lowest BCUT2D eigenvalue weighted by atomic mass is 9.73. The van der Waals surface area contributed by atoms with Crippen LogP contribution in [0.4, 0.5) is 0 Å². The van der Waals surface area contributed by atoms with Crippen LogP contribution in [0.2, 0.25) is 0 Å². The normalized spacial score (nSPS) is 43.4. The van der Waals surface area contributed by atoms with Gasteiger partial charge in [-0.15, -0.1) is 6.42 Å². The molecule has 112 valence electrons. The molecule has 3 nitrogen and oxygen atoms in total. The van der Waals surface area contributed by atoms with Crippen molar-refractivity contribution >= 4 is 0 Å². The Balaban J connectivity index is 2.13. The number of rotatable bonds is 3. The Morgan fingerprint density at radius 3 is 2.70 bits per heavy atom. The molecular formula is C17H26O3. The average molecular weight is 278 g/mol. The zero-order valence-electron chi connectivity index (χ0n) is 12.9. The van der Waals surface area contributed by atoms with E-state index in [2.05, 4.69) is 25.0 Å². The Morgan fingerprint density at radius 1 is 1.40 bits per heavy atom. The standard InChI is InChI=1S/C17H26O3/c1-6-17(5)15(19-16(3,4)20-17)10-13-9-7-8-12(2)14(13)11-18/h1,7-8,12-15,18H,9-11H2,2-5H3/t12-,13-,14-,15-,17-/m1/s1. The van der Waals surface area contributed by atoms with E-state index in [-0.39, 0.29) is 18.6 Å². The van der Waals surface area contributed by atoms with Crippen LogP contribution in [0.1, 0.15) is 40.5 Å². The first kappa shape index (κ1) is 15.6. The SMILES string of the molecule is C#C[C@@]1(C)OC(C)(C)O[C@@H]1C[C@H]1CC=C[C@@H](C)[C@H]1CO. The molecule has 0 saturated carbocycles. The lowest BCUT2D eigenvalue weighted by Crippen LogP contribution is -2.39. The average Bonchev–Trinajstić information content (AvgIpc) is 2.60.